The Labute approximate surface area is 170 Å². The van der Waals surface area contributed by atoms with Gasteiger partial charge in [-0.05, 0) is 30.2 Å². The summed E-state index contributed by atoms with van der Waals surface area (Å²) < 4.78 is 0. The first-order valence-corrected chi connectivity index (χ1v) is 9.87. The van der Waals surface area contributed by atoms with Crippen molar-refractivity contribution in [3.05, 3.63) is 38.5 Å². The summed E-state index contributed by atoms with van der Waals surface area (Å²) in [7, 11) is 1.82. The topological polar surface area (TPSA) is 49.3 Å². The molecule has 1 atom stereocenters. The van der Waals surface area contributed by atoms with Crippen molar-refractivity contribution in [3.8, 4) is 0 Å². The third kappa shape index (κ3) is 7.48. The van der Waals surface area contributed by atoms with Crippen LogP contribution in [0.25, 0.3) is 0 Å². The molecule has 4 nitrogen and oxygen atoms in total. The molecule has 0 fully saturated rings. The summed E-state index contributed by atoms with van der Waals surface area (Å²) >= 11 is 3.57. The summed E-state index contributed by atoms with van der Waals surface area (Å²) in [5, 5.41) is 12.3. The van der Waals surface area contributed by atoms with E-state index in [2.05, 4.69) is 57.4 Å². The number of halogens is 1. The molecule has 24 heavy (non-hydrogen) atoms. The van der Waals surface area contributed by atoms with Crippen LogP contribution >= 0.6 is 46.7 Å². The van der Waals surface area contributed by atoms with Crippen LogP contribution in [0.5, 0.6) is 0 Å². The van der Waals surface area contributed by atoms with E-state index in [0.29, 0.717) is 5.92 Å². The normalized spacial score (nSPS) is 12.5. The second-order valence-electron chi connectivity index (χ2n) is 5.60. The molecule has 0 aromatic carbocycles. The molecule has 0 aliphatic rings. The molecule has 2 heterocycles. The number of rotatable bonds is 8. The lowest BCUT2D eigenvalue weighted by atomic mass is 10.1. The van der Waals surface area contributed by atoms with Gasteiger partial charge in [-0.15, -0.1) is 46.7 Å². The summed E-state index contributed by atoms with van der Waals surface area (Å²) in [5.74, 6) is 1.45. The number of nitrogens with one attached hydrogen (secondary N) is 2. The Morgan fingerprint density at radius 1 is 1.33 bits per heavy atom. The zero-order valence-corrected chi connectivity index (χ0v) is 18.5. The highest BCUT2D eigenvalue weighted by molar-refractivity contribution is 14.0. The minimum absolute atomic E-state index is 0. The number of nitrogens with zero attached hydrogens (tertiary/aromatic N) is 2. The Hall–Kier alpha value is -0.670. The first-order chi connectivity index (χ1) is 11.2. The van der Waals surface area contributed by atoms with Crippen molar-refractivity contribution in [2.24, 2.45) is 10.9 Å². The molecule has 1 unspecified atom stereocenters. The van der Waals surface area contributed by atoms with Crippen molar-refractivity contribution in [1.82, 2.24) is 15.6 Å². The van der Waals surface area contributed by atoms with Gasteiger partial charge < -0.3 is 10.6 Å². The minimum Gasteiger partial charge on any atom is -0.356 e. The molecule has 2 aromatic heterocycles. The van der Waals surface area contributed by atoms with Gasteiger partial charge in [-0.25, -0.2) is 4.98 Å². The monoisotopic (exact) mass is 478 g/mol. The predicted molar refractivity (Wildman–Crippen MR) is 117 cm³/mol. The first-order valence-electron chi connectivity index (χ1n) is 8.11. The van der Waals surface area contributed by atoms with Crippen LogP contribution < -0.4 is 10.6 Å². The summed E-state index contributed by atoms with van der Waals surface area (Å²) in [5.41, 5.74) is 1.17. The van der Waals surface area contributed by atoms with Crippen LogP contribution in [0.4, 0.5) is 0 Å². The van der Waals surface area contributed by atoms with E-state index in [1.54, 1.807) is 11.3 Å². The number of thiophene rings is 1. The van der Waals surface area contributed by atoms with E-state index in [0.717, 1.165) is 38.3 Å². The lowest BCUT2D eigenvalue weighted by Crippen LogP contribution is -2.40. The van der Waals surface area contributed by atoms with Gasteiger partial charge in [0, 0.05) is 36.8 Å². The number of thiazole rings is 1. The van der Waals surface area contributed by atoms with E-state index < -0.39 is 0 Å². The summed E-state index contributed by atoms with van der Waals surface area (Å²) in [4.78, 5) is 10.3. The number of hydrogen-bond acceptors (Lipinski definition) is 4. The maximum atomic E-state index is 4.59. The Morgan fingerprint density at radius 2 is 2.17 bits per heavy atom. The van der Waals surface area contributed by atoms with Gasteiger partial charge in [-0.2, -0.15) is 0 Å². The summed E-state index contributed by atoms with van der Waals surface area (Å²) in [6.45, 7) is 6.19. The molecular formula is C17H27IN4S2. The van der Waals surface area contributed by atoms with Crippen molar-refractivity contribution in [3.63, 3.8) is 0 Å². The maximum absolute atomic E-state index is 4.59. The quantitative estimate of drug-likeness (QED) is 0.343. The maximum Gasteiger partial charge on any atom is 0.190 e. The minimum atomic E-state index is 0. The second-order valence-corrected chi connectivity index (χ2v) is 7.58. The van der Waals surface area contributed by atoms with Gasteiger partial charge in [0.15, 0.2) is 5.96 Å². The van der Waals surface area contributed by atoms with Crippen LogP contribution in [0.3, 0.4) is 0 Å². The highest BCUT2D eigenvalue weighted by Gasteiger charge is 2.06. The average Bonchev–Trinajstić information content (AvgIpc) is 3.22. The molecule has 0 saturated heterocycles. The van der Waals surface area contributed by atoms with Crippen LogP contribution in [-0.2, 0) is 19.3 Å². The van der Waals surface area contributed by atoms with Crippen LogP contribution in [0, 0.1) is 5.92 Å². The van der Waals surface area contributed by atoms with Gasteiger partial charge in [0.05, 0.1) is 10.7 Å². The third-order valence-corrected chi connectivity index (χ3v) is 5.49. The van der Waals surface area contributed by atoms with Crippen LogP contribution in [0.1, 0.15) is 29.4 Å². The Morgan fingerprint density at radius 3 is 2.79 bits per heavy atom. The van der Waals surface area contributed by atoms with Gasteiger partial charge in [0.2, 0.25) is 0 Å². The van der Waals surface area contributed by atoms with E-state index in [1.807, 2.05) is 18.4 Å². The predicted octanol–water partition coefficient (Wildman–Crippen LogP) is 3.97. The number of aryl methyl sites for hydroxylation is 1. The molecule has 2 rings (SSSR count). The molecule has 7 heteroatoms. The van der Waals surface area contributed by atoms with Gasteiger partial charge in [0.25, 0.3) is 0 Å². The van der Waals surface area contributed by atoms with E-state index in [1.165, 1.54) is 15.6 Å². The fourth-order valence-corrected chi connectivity index (χ4v) is 3.92. The Kier molecular flexibility index (Phi) is 10.5. The second kappa shape index (κ2) is 11.8. The lowest BCUT2D eigenvalue weighted by molar-refractivity contribution is 0.562. The molecule has 0 saturated carbocycles. The van der Waals surface area contributed by atoms with Crippen molar-refractivity contribution in [1.29, 1.82) is 0 Å². The molecule has 0 aliphatic heterocycles. The van der Waals surface area contributed by atoms with Gasteiger partial charge in [0.1, 0.15) is 0 Å². The highest BCUT2D eigenvalue weighted by atomic mass is 127. The van der Waals surface area contributed by atoms with Crippen molar-refractivity contribution in [2.75, 3.05) is 20.1 Å². The number of hydrogen-bond donors (Lipinski definition) is 2. The fraction of sp³-hybridized carbons (Fsp3) is 0.529. The number of guanidine groups is 1. The summed E-state index contributed by atoms with van der Waals surface area (Å²) in [6, 6.07) is 4.32. The molecular weight excluding hydrogens is 451 g/mol. The fourth-order valence-electron chi connectivity index (χ4n) is 2.27. The lowest BCUT2D eigenvalue weighted by Gasteiger charge is -2.15. The van der Waals surface area contributed by atoms with Crippen molar-refractivity contribution < 1.29 is 0 Å². The highest BCUT2D eigenvalue weighted by Crippen LogP contribution is 2.13. The number of aliphatic imine (C=N–C) groups is 1. The van der Waals surface area contributed by atoms with Gasteiger partial charge in [-0.1, -0.05) is 19.9 Å². The van der Waals surface area contributed by atoms with E-state index >= 15 is 0 Å². The first kappa shape index (κ1) is 21.4. The van der Waals surface area contributed by atoms with Crippen LogP contribution in [0.15, 0.2) is 27.9 Å². The molecule has 134 valence electrons. The largest absolute Gasteiger partial charge is 0.356 e. The SMILES string of the molecule is CCc1nc(CCNC(=NC)NCC(C)Cc2cccs2)cs1.I. The third-order valence-electron chi connectivity index (χ3n) is 3.55. The van der Waals surface area contributed by atoms with Gasteiger partial charge in [-0.3, -0.25) is 4.99 Å². The molecule has 2 aromatic rings. The zero-order chi connectivity index (χ0) is 16.5. The van der Waals surface area contributed by atoms with E-state index in [4.69, 9.17) is 0 Å². The average molecular weight is 478 g/mol. The Balaban J connectivity index is 0.00000288. The summed E-state index contributed by atoms with van der Waals surface area (Å²) in [6.07, 6.45) is 3.06. The molecule has 0 bridgehead atoms. The van der Waals surface area contributed by atoms with E-state index in [-0.39, 0.29) is 24.0 Å². The molecule has 2 N–H and O–H groups in total. The van der Waals surface area contributed by atoms with Crippen LogP contribution in [0.2, 0.25) is 0 Å². The molecule has 0 aliphatic carbocycles. The Bertz CT molecular complexity index is 596. The van der Waals surface area contributed by atoms with Crippen molar-refractivity contribution >= 4 is 52.6 Å². The molecule has 0 radical (unpaired) electrons. The van der Waals surface area contributed by atoms with Gasteiger partial charge >= 0.3 is 0 Å². The molecule has 0 spiro atoms. The molecule has 0 amide bonds. The zero-order valence-electron chi connectivity index (χ0n) is 14.5. The van der Waals surface area contributed by atoms with E-state index in [9.17, 15) is 0 Å². The van der Waals surface area contributed by atoms with Crippen molar-refractivity contribution in [2.45, 2.75) is 33.1 Å². The number of aromatic nitrogens is 1. The smallest absolute Gasteiger partial charge is 0.190 e. The van der Waals surface area contributed by atoms with Crippen LogP contribution in [-0.4, -0.2) is 31.1 Å². The standard InChI is InChI=1S/C17H26N4S2.HI/c1-4-16-21-14(12-23-16)7-8-19-17(18-3)20-11-13(2)10-15-6-5-9-22-15;/h5-6,9,12-13H,4,7-8,10-11H2,1-3H3,(H2,18,19,20);1H.